The Morgan fingerprint density at radius 1 is 1.30 bits per heavy atom. The Morgan fingerprint density at radius 2 is 1.90 bits per heavy atom. The molecule has 0 aliphatic rings. The van der Waals surface area contributed by atoms with E-state index in [1.807, 2.05) is 27.7 Å². The lowest BCUT2D eigenvalue weighted by atomic mass is 10.1. The minimum Gasteiger partial charge on any atom is -0.381 e. The fraction of sp³-hybridized carbons (Fsp3) is 0.769. The lowest BCUT2D eigenvalue weighted by Crippen LogP contribution is -2.35. The molecular formula is C13H21F3N2OS. The van der Waals surface area contributed by atoms with Gasteiger partial charge in [-0.15, -0.1) is 11.3 Å². The van der Waals surface area contributed by atoms with Crippen molar-refractivity contribution >= 4 is 11.3 Å². The molecule has 0 aromatic carbocycles. The lowest BCUT2D eigenvalue weighted by molar-refractivity contribution is -0.141. The monoisotopic (exact) mass is 310 g/mol. The number of hydrogen-bond donors (Lipinski definition) is 1. The molecule has 3 nitrogen and oxygen atoms in total. The number of thiazole rings is 1. The zero-order valence-corrected chi connectivity index (χ0v) is 13.2. The molecule has 1 rings (SSSR count). The number of nitrogens with one attached hydrogen (secondary N) is 1. The minimum absolute atomic E-state index is 0.148. The third-order valence-corrected chi connectivity index (χ3v) is 3.73. The summed E-state index contributed by atoms with van der Waals surface area (Å²) in [5.41, 5.74) is -1.02. The average molecular weight is 310 g/mol. The summed E-state index contributed by atoms with van der Waals surface area (Å²) in [5.74, 6) is 0. The molecule has 7 heteroatoms. The quantitative estimate of drug-likeness (QED) is 0.902. The molecule has 0 bridgehead atoms. The Morgan fingerprint density at radius 3 is 2.35 bits per heavy atom. The summed E-state index contributed by atoms with van der Waals surface area (Å²) < 4.78 is 44.0. The van der Waals surface area contributed by atoms with E-state index in [0.717, 1.165) is 11.3 Å². The summed E-state index contributed by atoms with van der Waals surface area (Å²) in [6.45, 7) is 7.71. The third kappa shape index (κ3) is 5.38. The van der Waals surface area contributed by atoms with Gasteiger partial charge in [0.25, 0.3) is 0 Å². The molecule has 0 saturated carbocycles. The smallest absolute Gasteiger partial charge is 0.381 e. The van der Waals surface area contributed by atoms with Crippen molar-refractivity contribution in [2.45, 2.75) is 58.5 Å². The van der Waals surface area contributed by atoms with Crippen molar-refractivity contribution in [1.29, 1.82) is 0 Å². The van der Waals surface area contributed by atoms with Gasteiger partial charge in [0.1, 0.15) is 0 Å². The summed E-state index contributed by atoms with van der Waals surface area (Å²) in [7, 11) is 1.53. The first-order valence-corrected chi connectivity index (χ1v) is 7.18. The maximum Gasteiger partial charge on any atom is 0.434 e. The molecular weight excluding hydrogens is 289 g/mol. The van der Waals surface area contributed by atoms with Crippen LogP contribution >= 0.6 is 11.3 Å². The summed E-state index contributed by atoms with van der Waals surface area (Å²) in [5, 5.41) is 3.53. The van der Waals surface area contributed by atoms with Crippen molar-refractivity contribution in [3.63, 3.8) is 0 Å². The summed E-state index contributed by atoms with van der Waals surface area (Å²) in [6, 6.07) is 0. The lowest BCUT2D eigenvalue weighted by Gasteiger charge is -2.20. The number of halogens is 3. The summed E-state index contributed by atoms with van der Waals surface area (Å²) in [4.78, 5) is 3.97. The van der Waals surface area contributed by atoms with Gasteiger partial charge >= 0.3 is 6.18 Å². The van der Waals surface area contributed by atoms with E-state index >= 15 is 0 Å². The fourth-order valence-electron chi connectivity index (χ4n) is 1.50. The highest BCUT2D eigenvalue weighted by Gasteiger charge is 2.37. The molecule has 1 aromatic heterocycles. The van der Waals surface area contributed by atoms with Gasteiger partial charge in [0.15, 0.2) is 5.69 Å². The van der Waals surface area contributed by atoms with Crippen LogP contribution in [0, 0.1) is 0 Å². The van der Waals surface area contributed by atoms with Crippen molar-refractivity contribution in [2.75, 3.05) is 7.11 Å². The number of alkyl halides is 3. The van der Waals surface area contributed by atoms with Crippen LogP contribution in [0.3, 0.4) is 0 Å². The first kappa shape index (κ1) is 17.4. The van der Waals surface area contributed by atoms with Gasteiger partial charge in [0.2, 0.25) is 0 Å². The Hall–Kier alpha value is -0.660. The third-order valence-electron chi connectivity index (χ3n) is 2.65. The van der Waals surface area contributed by atoms with E-state index < -0.39 is 11.9 Å². The van der Waals surface area contributed by atoms with Gasteiger partial charge in [0, 0.05) is 25.6 Å². The van der Waals surface area contributed by atoms with Gasteiger partial charge in [-0.25, -0.2) is 4.98 Å². The molecule has 20 heavy (non-hydrogen) atoms. The second-order valence-corrected chi connectivity index (χ2v) is 6.90. The van der Waals surface area contributed by atoms with Crippen molar-refractivity contribution < 1.29 is 17.9 Å². The van der Waals surface area contributed by atoms with E-state index in [1.165, 1.54) is 7.11 Å². The van der Waals surface area contributed by atoms with E-state index in [1.54, 1.807) is 0 Å². The van der Waals surface area contributed by atoms with Gasteiger partial charge < -0.3 is 10.1 Å². The molecule has 0 aliphatic carbocycles. The van der Waals surface area contributed by atoms with E-state index in [-0.39, 0.29) is 23.1 Å². The molecule has 0 radical (unpaired) electrons. The van der Waals surface area contributed by atoms with Crippen LogP contribution in [0.1, 0.15) is 43.3 Å². The first-order valence-electron chi connectivity index (χ1n) is 6.36. The standard InChI is InChI=1S/C13H21F3N2OS/c1-8(19-5)6-10-18-11(13(14,15)16)9(20-10)7-17-12(2,3)4/h8,17H,6-7H2,1-5H3. The van der Waals surface area contributed by atoms with Crippen LogP contribution in [-0.4, -0.2) is 23.7 Å². The van der Waals surface area contributed by atoms with Crippen LogP contribution in [0.4, 0.5) is 13.2 Å². The van der Waals surface area contributed by atoms with E-state index in [9.17, 15) is 13.2 Å². The van der Waals surface area contributed by atoms with Crippen LogP contribution in [0.2, 0.25) is 0 Å². The minimum atomic E-state index is -4.42. The van der Waals surface area contributed by atoms with Crippen molar-refractivity contribution in [2.24, 2.45) is 0 Å². The number of ether oxygens (including phenoxy) is 1. The van der Waals surface area contributed by atoms with Crippen molar-refractivity contribution in [3.8, 4) is 0 Å². The predicted molar refractivity (Wildman–Crippen MR) is 73.9 cm³/mol. The highest BCUT2D eigenvalue weighted by Crippen LogP contribution is 2.35. The summed E-state index contributed by atoms with van der Waals surface area (Å²) >= 11 is 1.10. The Labute approximate surface area is 121 Å². The van der Waals surface area contributed by atoms with E-state index in [2.05, 4.69) is 10.3 Å². The van der Waals surface area contributed by atoms with Crippen LogP contribution in [-0.2, 0) is 23.9 Å². The van der Waals surface area contributed by atoms with Crippen LogP contribution in [0.15, 0.2) is 0 Å². The zero-order chi connectivity index (χ0) is 15.6. The summed E-state index contributed by atoms with van der Waals surface area (Å²) in [6.07, 6.45) is -4.18. The zero-order valence-electron chi connectivity index (χ0n) is 12.4. The van der Waals surface area contributed by atoms with Gasteiger partial charge in [-0.05, 0) is 27.7 Å². The highest BCUT2D eigenvalue weighted by atomic mass is 32.1. The maximum absolute atomic E-state index is 13.0. The second-order valence-electron chi connectivity index (χ2n) is 5.73. The predicted octanol–water partition coefficient (Wildman–Crippen LogP) is 3.63. The Balaban J connectivity index is 2.95. The molecule has 0 spiro atoms. The molecule has 1 atom stereocenters. The van der Waals surface area contributed by atoms with Gasteiger partial charge in [-0.3, -0.25) is 0 Å². The molecule has 1 unspecified atom stereocenters. The molecule has 0 fully saturated rings. The Bertz CT molecular complexity index is 438. The molecule has 116 valence electrons. The number of methoxy groups -OCH3 is 1. The molecule has 1 heterocycles. The fourth-order valence-corrected chi connectivity index (χ4v) is 2.65. The number of nitrogens with zero attached hydrogens (tertiary/aromatic N) is 1. The average Bonchev–Trinajstić information content (AvgIpc) is 2.68. The van der Waals surface area contributed by atoms with Crippen LogP contribution in [0.5, 0.6) is 0 Å². The maximum atomic E-state index is 13.0. The van der Waals surface area contributed by atoms with Gasteiger partial charge in [0.05, 0.1) is 16.0 Å². The number of aromatic nitrogens is 1. The van der Waals surface area contributed by atoms with Crippen molar-refractivity contribution in [1.82, 2.24) is 10.3 Å². The molecule has 0 amide bonds. The Kier molecular flexibility index (Phi) is 5.57. The largest absolute Gasteiger partial charge is 0.434 e. The highest BCUT2D eigenvalue weighted by molar-refractivity contribution is 7.11. The SMILES string of the molecule is COC(C)Cc1nc(C(F)(F)F)c(CNC(C)(C)C)s1. The first-order chi connectivity index (χ1) is 9.03. The topological polar surface area (TPSA) is 34.1 Å². The molecule has 1 N–H and O–H groups in total. The molecule has 0 saturated heterocycles. The normalized spacial score (nSPS) is 14.6. The van der Waals surface area contributed by atoms with Crippen LogP contribution < -0.4 is 5.32 Å². The van der Waals surface area contributed by atoms with E-state index in [4.69, 9.17) is 4.74 Å². The number of rotatable bonds is 5. The van der Waals surface area contributed by atoms with Crippen molar-refractivity contribution in [3.05, 3.63) is 15.6 Å². The van der Waals surface area contributed by atoms with Gasteiger partial charge in [-0.2, -0.15) is 13.2 Å². The molecule has 1 aromatic rings. The molecule has 0 aliphatic heterocycles. The van der Waals surface area contributed by atoms with Crippen LogP contribution in [0.25, 0.3) is 0 Å². The second kappa shape index (κ2) is 6.41. The number of hydrogen-bond acceptors (Lipinski definition) is 4. The van der Waals surface area contributed by atoms with E-state index in [0.29, 0.717) is 11.4 Å². The van der Waals surface area contributed by atoms with Gasteiger partial charge in [-0.1, -0.05) is 0 Å².